The summed E-state index contributed by atoms with van der Waals surface area (Å²) in [6.07, 6.45) is 3.21. The Bertz CT molecular complexity index is 621. The summed E-state index contributed by atoms with van der Waals surface area (Å²) in [7, 11) is 0. The molecular weight excluding hydrogens is 244 g/mol. The predicted molar refractivity (Wildman–Crippen MR) is 70.3 cm³/mol. The van der Waals surface area contributed by atoms with Gasteiger partial charge in [-0.2, -0.15) is 0 Å². The number of nitrogens with zero attached hydrogens (tertiary/aromatic N) is 1. The average molecular weight is 256 g/mol. The van der Waals surface area contributed by atoms with Gasteiger partial charge in [0.1, 0.15) is 0 Å². The highest BCUT2D eigenvalue weighted by molar-refractivity contribution is 6.05. The maximum atomic E-state index is 12.0. The highest BCUT2D eigenvalue weighted by atomic mass is 16.4. The lowest BCUT2D eigenvalue weighted by Crippen LogP contribution is -2.13. The number of hydrogen-bond donors (Lipinski definition) is 2. The van der Waals surface area contributed by atoms with Gasteiger partial charge >= 0.3 is 5.97 Å². The fourth-order valence-corrected chi connectivity index (χ4v) is 1.55. The number of benzene rings is 1. The van der Waals surface area contributed by atoms with Gasteiger partial charge in [0.15, 0.2) is 0 Å². The highest BCUT2D eigenvalue weighted by Gasteiger charge is 2.09. The largest absolute Gasteiger partial charge is 0.478 e. The Morgan fingerprint density at radius 2 is 1.74 bits per heavy atom. The van der Waals surface area contributed by atoms with Crippen LogP contribution in [0, 0.1) is 6.92 Å². The molecule has 0 fully saturated rings. The van der Waals surface area contributed by atoms with E-state index in [9.17, 15) is 9.59 Å². The van der Waals surface area contributed by atoms with Gasteiger partial charge in [-0.3, -0.25) is 9.78 Å². The molecule has 1 heterocycles. The van der Waals surface area contributed by atoms with Crippen LogP contribution in [0.1, 0.15) is 26.3 Å². The van der Waals surface area contributed by atoms with E-state index in [1.807, 2.05) is 6.92 Å². The van der Waals surface area contributed by atoms with E-state index in [1.165, 1.54) is 24.3 Å². The van der Waals surface area contributed by atoms with Gasteiger partial charge in [-0.05, 0) is 42.8 Å². The first-order valence-corrected chi connectivity index (χ1v) is 5.63. The lowest BCUT2D eigenvalue weighted by molar-refractivity contribution is 0.0696. The first-order chi connectivity index (χ1) is 9.08. The van der Waals surface area contributed by atoms with E-state index < -0.39 is 5.97 Å². The Labute approximate surface area is 109 Å². The van der Waals surface area contributed by atoms with Crippen LogP contribution in [0.2, 0.25) is 0 Å². The molecule has 0 unspecified atom stereocenters. The Hall–Kier alpha value is -2.69. The maximum Gasteiger partial charge on any atom is 0.335 e. The molecule has 0 aliphatic rings. The van der Waals surface area contributed by atoms with Gasteiger partial charge in [0.25, 0.3) is 5.91 Å². The number of pyridine rings is 1. The zero-order chi connectivity index (χ0) is 13.8. The molecule has 2 aromatic rings. The smallest absolute Gasteiger partial charge is 0.335 e. The molecule has 0 radical (unpaired) electrons. The molecule has 1 amide bonds. The Kier molecular flexibility index (Phi) is 3.56. The van der Waals surface area contributed by atoms with E-state index in [0.29, 0.717) is 11.3 Å². The number of aromatic nitrogens is 1. The predicted octanol–water partition coefficient (Wildman–Crippen LogP) is 2.34. The number of aryl methyl sites for hydroxylation is 1. The molecule has 0 aliphatic carbocycles. The van der Waals surface area contributed by atoms with E-state index in [-0.39, 0.29) is 11.5 Å². The molecule has 96 valence electrons. The van der Waals surface area contributed by atoms with Crippen LogP contribution in [0.3, 0.4) is 0 Å². The fourth-order valence-electron chi connectivity index (χ4n) is 1.55. The van der Waals surface area contributed by atoms with Gasteiger partial charge in [0, 0.05) is 11.8 Å². The molecule has 0 saturated heterocycles. The van der Waals surface area contributed by atoms with Crippen LogP contribution < -0.4 is 5.32 Å². The van der Waals surface area contributed by atoms with Crippen molar-refractivity contribution in [3.05, 3.63) is 59.4 Å². The summed E-state index contributed by atoms with van der Waals surface area (Å²) in [5, 5.41) is 11.5. The van der Waals surface area contributed by atoms with E-state index in [2.05, 4.69) is 10.3 Å². The second-order valence-corrected chi connectivity index (χ2v) is 4.03. The van der Waals surface area contributed by atoms with Gasteiger partial charge in [-0.25, -0.2) is 4.79 Å². The maximum absolute atomic E-state index is 12.0. The van der Waals surface area contributed by atoms with Crippen LogP contribution in [0.25, 0.3) is 0 Å². The summed E-state index contributed by atoms with van der Waals surface area (Å²) < 4.78 is 0. The molecule has 0 aliphatic heterocycles. The summed E-state index contributed by atoms with van der Waals surface area (Å²) in [6.45, 7) is 1.87. The molecular formula is C14H12N2O3. The standard InChI is InChI=1S/C14H12N2O3/c1-9-6-7-15-8-12(9)16-13(17)10-2-4-11(5-3-10)14(18)19/h2-8H,1H3,(H,16,17)(H,18,19). The third-order valence-corrected chi connectivity index (χ3v) is 2.68. The van der Waals surface area contributed by atoms with Gasteiger partial charge in [-0.1, -0.05) is 0 Å². The lowest BCUT2D eigenvalue weighted by Gasteiger charge is -2.07. The van der Waals surface area contributed by atoms with Crippen LogP contribution >= 0.6 is 0 Å². The number of carboxylic acid groups (broad SMARTS) is 1. The molecule has 0 bridgehead atoms. The van der Waals surface area contributed by atoms with Crippen molar-refractivity contribution in [2.75, 3.05) is 5.32 Å². The number of amides is 1. The van der Waals surface area contributed by atoms with Gasteiger partial charge in [0.05, 0.1) is 17.4 Å². The second kappa shape index (κ2) is 5.30. The van der Waals surface area contributed by atoms with E-state index in [0.717, 1.165) is 5.56 Å². The topological polar surface area (TPSA) is 79.3 Å². The molecule has 0 saturated carbocycles. The van der Waals surface area contributed by atoms with Crippen LogP contribution in [0.15, 0.2) is 42.7 Å². The van der Waals surface area contributed by atoms with Crippen LogP contribution in [0.5, 0.6) is 0 Å². The average Bonchev–Trinajstić information content (AvgIpc) is 2.41. The number of hydrogen-bond acceptors (Lipinski definition) is 3. The van der Waals surface area contributed by atoms with Crippen molar-refractivity contribution in [3.63, 3.8) is 0 Å². The van der Waals surface area contributed by atoms with E-state index in [4.69, 9.17) is 5.11 Å². The Morgan fingerprint density at radius 3 is 2.32 bits per heavy atom. The zero-order valence-corrected chi connectivity index (χ0v) is 10.3. The summed E-state index contributed by atoms with van der Waals surface area (Å²) in [4.78, 5) is 26.6. The fraction of sp³-hybridized carbons (Fsp3) is 0.0714. The quantitative estimate of drug-likeness (QED) is 0.883. The molecule has 2 rings (SSSR count). The zero-order valence-electron chi connectivity index (χ0n) is 10.3. The molecule has 5 heteroatoms. The minimum Gasteiger partial charge on any atom is -0.478 e. The normalized spacial score (nSPS) is 9.95. The van der Waals surface area contributed by atoms with E-state index in [1.54, 1.807) is 18.5 Å². The third kappa shape index (κ3) is 2.95. The minimum atomic E-state index is -1.02. The van der Waals surface area contributed by atoms with Crippen molar-refractivity contribution in [1.29, 1.82) is 0 Å². The summed E-state index contributed by atoms with van der Waals surface area (Å²) in [6, 6.07) is 7.54. The van der Waals surface area contributed by atoms with Crippen LogP contribution in [-0.2, 0) is 0 Å². The first kappa shape index (κ1) is 12.8. The van der Waals surface area contributed by atoms with Crippen molar-refractivity contribution in [2.45, 2.75) is 6.92 Å². The van der Waals surface area contributed by atoms with Crippen molar-refractivity contribution in [3.8, 4) is 0 Å². The van der Waals surface area contributed by atoms with Crippen molar-refractivity contribution < 1.29 is 14.7 Å². The van der Waals surface area contributed by atoms with Crippen LogP contribution in [0.4, 0.5) is 5.69 Å². The molecule has 5 nitrogen and oxygen atoms in total. The van der Waals surface area contributed by atoms with Crippen LogP contribution in [-0.4, -0.2) is 22.0 Å². The third-order valence-electron chi connectivity index (χ3n) is 2.68. The second-order valence-electron chi connectivity index (χ2n) is 4.03. The van der Waals surface area contributed by atoms with Gasteiger partial charge in [-0.15, -0.1) is 0 Å². The number of rotatable bonds is 3. The van der Waals surface area contributed by atoms with E-state index >= 15 is 0 Å². The van der Waals surface area contributed by atoms with Crippen molar-refractivity contribution in [2.24, 2.45) is 0 Å². The van der Waals surface area contributed by atoms with Gasteiger partial charge in [0.2, 0.25) is 0 Å². The van der Waals surface area contributed by atoms with Crippen molar-refractivity contribution in [1.82, 2.24) is 4.98 Å². The molecule has 0 atom stereocenters. The molecule has 1 aromatic heterocycles. The Balaban J connectivity index is 2.16. The van der Waals surface area contributed by atoms with Gasteiger partial charge < -0.3 is 10.4 Å². The summed E-state index contributed by atoms with van der Waals surface area (Å²) in [5.74, 6) is -1.32. The number of nitrogens with one attached hydrogen (secondary N) is 1. The molecule has 19 heavy (non-hydrogen) atoms. The minimum absolute atomic E-state index is 0.147. The number of carbonyl (C=O) groups excluding carboxylic acids is 1. The molecule has 1 aromatic carbocycles. The monoisotopic (exact) mass is 256 g/mol. The molecule has 0 spiro atoms. The number of carbonyl (C=O) groups is 2. The number of aromatic carboxylic acids is 1. The molecule has 2 N–H and O–H groups in total. The highest BCUT2D eigenvalue weighted by Crippen LogP contribution is 2.13. The van der Waals surface area contributed by atoms with Crippen molar-refractivity contribution >= 4 is 17.6 Å². The first-order valence-electron chi connectivity index (χ1n) is 5.63. The number of anilines is 1. The summed E-state index contributed by atoms with van der Waals surface area (Å²) in [5.41, 5.74) is 2.09. The SMILES string of the molecule is Cc1ccncc1NC(=O)c1ccc(C(=O)O)cc1. The lowest BCUT2D eigenvalue weighted by atomic mass is 10.1. The Morgan fingerprint density at radius 1 is 1.11 bits per heavy atom. The summed E-state index contributed by atoms with van der Waals surface area (Å²) >= 11 is 0. The number of carboxylic acids is 1.